The lowest BCUT2D eigenvalue weighted by molar-refractivity contribution is -0.157. The van der Waals surface area contributed by atoms with Gasteiger partial charge >= 0.3 is 23.8 Å². The van der Waals surface area contributed by atoms with Crippen molar-refractivity contribution in [1.82, 2.24) is 5.32 Å². The molecule has 0 saturated carbocycles. The SMILES string of the molecule is CCOC(=O)[C@](C)(CO)C[C@H](N)Cc1ccc(-c2ccccc2)cc1.C[C@@](CO)(C[C@@H](Cc1ccc(-c2ccccc2)cc1)NC(=O)C(=O)O)C(=O)O. The van der Waals surface area contributed by atoms with Crippen LogP contribution < -0.4 is 11.1 Å². The third kappa shape index (κ3) is 12.7. The minimum absolute atomic E-state index is 0.113. The van der Waals surface area contributed by atoms with Crippen molar-refractivity contribution in [3.05, 3.63) is 120 Å². The normalized spacial score (nSPS) is 14.2. The molecule has 11 heteroatoms. The number of amides is 1. The Morgan fingerprint density at radius 2 is 1.09 bits per heavy atom. The van der Waals surface area contributed by atoms with Gasteiger partial charge in [0, 0.05) is 12.1 Å². The maximum absolute atomic E-state index is 12.0. The number of aliphatic hydroxyl groups excluding tert-OH is 2. The number of rotatable bonds is 16. The summed E-state index contributed by atoms with van der Waals surface area (Å²) >= 11 is 0. The smallest absolute Gasteiger partial charge is 0.394 e. The lowest BCUT2D eigenvalue weighted by Gasteiger charge is -2.28. The van der Waals surface area contributed by atoms with Crippen molar-refractivity contribution in [3.63, 3.8) is 0 Å². The van der Waals surface area contributed by atoms with Crippen molar-refractivity contribution in [1.29, 1.82) is 0 Å². The van der Waals surface area contributed by atoms with Crippen LogP contribution in [0.3, 0.4) is 0 Å². The molecule has 282 valence electrons. The minimum Gasteiger partial charge on any atom is -0.481 e. The third-order valence-corrected chi connectivity index (χ3v) is 9.02. The molecule has 0 unspecified atom stereocenters. The highest BCUT2D eigenvalue weighted by Gasteiger charge is 2.37. The average Bonchev–Trinajstić information content (AvgIpc) is 3.16. The highest BCUT2D eigenvalue weighted by molar-refractivity contribution is 6.31. The van der Waals surface area contributed by atoms with Crippen molar-refractivity contribution >= 4 is 23.8 Å². The predicted octanol–water partition coefficient (Wildman–Crippen LogP) is 5.11. The van der Waals surface area contributed by atoms with E-state index in [9.17, 15) is 34.5 Å². The van der Waals surface area contributed by atoms with E-state index < -0.39 is 47.3 Å². The molecule has 0 radical (unpaired) electrons. The summed E-state index contributed by atoms with van der Waals surface area (Å²) in [4.78, 5) is 46.0. The molecule has 4 aromatic carbocycles. The molecule has 7 N–H and O–H groups in total. The molecule has 0 saturated heterocycles. The summed E-state index contributed by atoms with van der Waals surface area (Å²) in [7, 11) is 0. The number of nitrogens with two attached hydrogens (primary N) is 1. The molecule has 0 aliphatic rings. The summed E-state index contributed by atoms with van der Waals surface area (Å²) in [5.41, 5.74) is 10.1. The molecular weight excluding hydrogens is 676 g/mol. The van der Waals surface area contributed by atoms with E-state index in [2.05, 4.69) is 41.7 Å². The molecule has 0 heterocycles. The first-order valence-corrected chi connectivity index (χ1v) is 17.4. The maximum atomic E-state index is 12.0. The van der Waals surface area contributed by atoms with Crippen LogP contribution in [0.25, 0.3) is 22.3 Å². The fourth-order valence-corrected chi connectivity index (χ4v) is 5.87. The van der Waals surface area contributed by atoms with Crippen LogP contribution in [0.2, 0.25) is 0 Å². The van der Waals surface area contributed by atoms with Gasteiger partial charge in [0.15, 0.2) is 0 Å². The molecule has 0 aliphatic heterocycles. The number of nitrogens with one attached hydrogen (secondary N) is 1. The Balaban J connectivity index is 0.000000287. The van der Waals surface area contributed by atoms with Gasteiger partial charge in [-0.05, 0) is 79.8 Å². The van der Waals surface area contributed by atoms with Crippen LogP contribution in [0.1, 0.15) is 44.7 Å². The van der Waals surface area contributed by atoms with Gasteiger partial charge < -0.3 is 36.2 Å². The van der Waals surface area contributed by atoms with E-state index in [-0.39, 0.29) is 25.5 Å². The second kappa shape index (κ2) is 20.0. The van der Waals surface area contributed by atoms with Gasteiger partial charge in [-0.2, -0.15) is 0 Å². The number of carbonyl (C=O) groups excluding carboxylic acids is 2. The number of hydrogen-bond acceptors (Lipinski definition) is 8. The highest BCUT2D eigenvalue weighted by atomic mass is 16.5. The monoisotopic (exact) mass is 726 g/mol. The van der Waals surface area contributed by atoms with E-state index in [0.717, 1.165) is 27.8 Å². The summed E-state index contributed by atoms with van der Waals surface area (Å²) in [6.07, 6.45) is 1.14. The van der Waals surface area contributed by atoms with Gasteiger partial charge in [0.2, 0.25) is 0 Å². The van der Waals surface area contributed by atoms with Crippen LogP contribution in [-0.4, -0.2) is 76.1 Å². The van der Waals surface area contributed by atoms with Gasteiger partial charge in [0.05, 0.1) is 30.7 Å². The number of benzene rings is 4. The average molecular weight is 727 g/mol. The first-order valence-electron chi connectivity index (χ1n) is 17.4. The fraction of sp³-hybridized carbons (Fsp3) is 0.333. The Hall–Kier alpha value is -5.36. The van der Waals surface area contributed by atoms with Crippen LogP contribution in [0, 0.1) is 10.8 Å². The van der Waals surface area contributed by atoms with Gasteiger partial charge in [0.25, 0.3) is 0 Å². The molecule has 0 aliphatic carbocycles. The topological polar surface area (TPSA) is 196 Å². The Bertz CT molecular complexity index is 1770. The van der Waals surface area contributed by atoms with Gasteiger partial charge in [-0.15, -0.1) is 0 Å². The number of ether oxygens (including phenoxy) is 1. The second-order valence-corrected chi connectivity index (χ2v) is 13.6. The number of carboxylic acids is 2. The third-order valence-electron chi connectivity index (χ3n) is 9.02. The minimum atomic E-state index is -1.65. The molecule has 0 spiro atoms. The first kappa shape index (κ1) is 42.1. The molecule has 0 bridgehead atoms. The molecule has 4 rings (SSSR count). The molecule has 4 aromatic rings. The fourth-order valence-electron chi connectivity index (χ4n) is 5.87. The first-order chi connectivity index (χ1) is 25.2. The maximum Gasteiger partial charge on any atom is 0.394 e. The Kier molecular flexibility index (Phi) is 15.9. The van der Waals surface area contributed by atoms with Crippen LogP contribution in [0.4, 0.5) is 0 Å². The zero-order valence-electron chi connectivity index (χ0n) is 30.4. The quantitative estimate of drug-likeness (QED) is 0.0667. The number of aliphatic hydroxyl groups is 2. The van der Waals surface area contributed by atoms with Gasteiger partial charge in [-0.25, -0.2) is 4.79 Å². The van der Waals surface area contributed by atoms with Crippen molar-refractivity contribution < 1.29 is 44.3 Å². The summed E-state index contributed by atoms with van der Waals surface area (Å²) in [6.45, 7) is 4.20. The highest BCUT2D eigenvalue weighted by Crippen LogP contribution is 2.27. The van der Waals surface area contributed by atoms with E-state index in [1.807, 2.05) is 72.8 Å². The summed E-state index contributed by atoms with van der Waals surface area (Å²) in [6, 6.07) is 34.7. The zero-order chi connectivity index (χ0) is 39.0. The van der Waals surface area contributed by atoms with Crippen LogP contribution in [-0.2, 0) is 36.8 Å². The summed E-state index contributed by atoms with van der Waals surface area (Å²) < 4.78 is 5.06. The van der Waals surface area contributed by atoms with Crippen molar-refractivity contribution in [2.75, 3.05) is 19.8 Å². The molecule has 53 heavy (non-hydrogen) atoms. The number of aliphatic carboxylic acids is 2. The van der Waals surface area contributed by atoms with Crippen LogP contribution in [0.5, 0.6) is 0 Å². The van der Waals surface area contributed by atoms with Gasteiger partial charge in [0.1, 0.15) is 0 Å². The number of esters is 1. The van der Waals surface area contributed by atoms with Gasteiger partial charge in [-0.1, -0.05) is 109 Å². The van der Waals surface area contributed by atoms with E-state index in [1.165, 1.54) is 12.5 Å². The second-order valence-electron chi connectivity index (χ2n) is 13.6. The van der Waals surface area contributed by atoms with Gasteiger partial charge in [-0.3, -0.25) is 14.4 Å². The largest absolute Gasteiger partial charge is 0.481 e. The Morgan fingerprint density at radius 3 is 1.49 bits per heavy atom. The summed E-state index contributed by atoms with van der Waals surface area (Å²) in [5.74, 6) is -4.47. The molecule has 11 nitrogen and oxygen atoms in total. The Labute approximate surface area is 310 Å². The van der Waals surface area contributed by atoms with E-state index in [1.54, 1.807) is 13.8 Å². The van der Waals surface area contributed by atoms with Crippen molar-refractivity contribution in [2.45, 2.75) is 58.5 Å². The standard InChI is InChI=1S/C21H23NO6.C21H27NO3/c1-21(13-23,20(27)28)12-17(22-18(24)19(25)26)11-14-7-9-16(10-8-14)15-5-3-2-4-6-15;1-3-25-20(24)21(2,15-23)14-19(22)13-16-9-11-18(12-10-16)17-7-5-4-6-8-17/h2-10,17,23H,11-13H2,1H3,(H,22,24)(H,25,26)(H,27,28);4-12,19,23H,3,13-15,22H2,1-2H3/t17-,21+;19-,21+/m11/s1. The lowest BCUT2D eigenvalue weighted by atomic mass is 9.82. The predicted molar refractivity (Wildman–Crippen MR) is 203 cm³/mol. The number of carboxylic acid groups (broad SMARTS) is 2. The molecular formula is C42H50N2O9. The number of hydrogen-bond donors (Lipinski definition) is 6. The van der Waals surface area contributed by atoms with E-state index in [4.69, 9.17) is 15.6 Å². The van der Waals surface area contributed by atoms with Crippen LogP contribution in [0.15, 0.2) is 109 Å². The van der Waals surface area contributed by atoms with Crippen LogP contribution >= 0.6 is 0 Å². The van der Waals surface area contributed by atoms with Crippen molar-refractivity contribution in [3.8, 4) is 22.3 Å². The molecule has 0 aromatic heterocycles. The molecule has 4 atom stereocenters. The zero-order valence-corrected chi connectivity index (χ0v) is 30.4. The van der Waals surface area contributed by atoms with E-state index in [0.29, 0.717) is 19.4 Å². The van der Waals surface area contributed by atoms with Crippen molar-refractivity contribution in [2.24, 2.45) is 16.6 Å². The number of carbonyl (C=O) groups is 4. The summed E-state index contributed by atoms with van der Waals surface area (Å²) in [5, 5.41) is 39.6. The Morgan fingerprint density at radius 1 is 0.660 bits per heavy atom. The lowest BCUT2D eigenvalue weighted by Crippen LogP contribution is -2.46. The molecule has 0 fully saturated rings. The van der Waals surface area contributed by atoms with E-state index >= 15 is 0 Å². The molecule has 1 amide bonds.